The van der Waals surface area contributed by atoms with Crippen LogP contribution in [0, 0.1) is 0 Å². The van der Waals surface area contributed by atoms with E-state index in [1.54, 1.807) is 13.8 Å². The van der Waals surface area contributed by atoms with Gasteiger partial charge in [0, 0.05) is 18.3 Å². The largest absolute Gasteiger partial charge is 0.461 e. The highest BCUT2D eigenvalue weighted by Crippen LogP contribution is 2.39. The Morgan fingerprint density at radius 3 is 1.60 bits per heavy atom. The van der Waals surface area contributed by atoms with Crippen LogP contribution in [0.3, 0.4) is 0 Å². The van der Waals surface area contributed by atoms with E-state index in [0.717, 1.165) is 27.7 Å². The van der Waals surface area contributed by atoms with Gasteiger partial charge in [0.2, 0.25) is 0 Å². The van der Waals surface area contributed by atoms with E-state index in [0.29, 0.717) is 24.6 Å². The molecule has 0 spiro atoms. The van der Waals surface area contributed by atoms with Gasteiger partial charge in [-0.05, 0) is 66.9 Å². The molecule has 0 amide bonds. The number of carbonyl (C=O) groups excluding carboxylic acids is 2. The average molecular weight is 467 g/mol. The molecule has 1 aromatic carbocycles. The van der Waals surface area contributed by atoms with Gasteiger partial charge >= 0.3 is 11.9 Å². The molecule has 0 saturated carbocycles. The molecule has 5 aromatic rings. The Hall–Kier alpha value is -4.32. The summed E-state index contributed by atoms with van der Waals surface area (Å²) in [4.78, 5) is 25.7. The summed E-state index contributed by atoms with van der Waals surface area (Å²) >= 11 is 0. The summed E-state index contributed by atoms with van der Waals surface area (Å²) in [5.74, 6) is -0.987. The number of benzene rings is 1. The minimum absolute atomic E-state index is 0.239. The van der Waals surface area contributed by atoms with Crippen LogP contribution in [0.5, 0.6) is 0 Å². The number of pyridine rings is 2. The number of rotatable bonds is 7. The van der Waals surface area contributed by atoms with E-state index in [-0.39, 0.29) is 17.9 Å². The van der Waals surface area contributed by atoms with Gasteiger partial charge in [0.1, 0.15) is 11.4 Å². The Balaban J connectivity index is 1.80. The lowest BCUT2D eigenvalue weighted by Crippen LogP contribution is -2.07. The van der Waals surface area contributed by atoms with Crippen LogP contribution >= 0.6 is 0 Å². The molecule has 176 valence electrons. The van der Waals surface area contributed by atoms with E-state index in [9.17, 15) is 9.59 Å². The van der Waals surface area contributed by atoms with Crippen molar-refractivity contribution < 1.29 is 19.1 Å². The maximum atomic E-state index is 12.8. The number of esters is 2. The number of hydrogen-bond donors (Lipinski definition) is 0. The Kier molecular flexibility index (Phi) is 6.10. The van der Waals surface area contributed by atoms with Crippen molar-refractivity contribution in [3.05, 3.63) is 119 Å². The van der Waals surface area contributed by atoms with Crippen LogP contribution in [0.4, 0.5) is 0 Å². The predicted octanol–water partition coefficient (Wildman–Crippen LogP) is 5.73. The van der Waals surface area contributed by atoms with Crippen LogP contribution < -0.4 is 0 Å². The van der Waals surface area contributed by atoms with Crippen LogP contribution in [-0.2, 0) is 9.47 Å². The van der Waals surface area contributed by atoms with Crippen molar-refractivity contribution >= 4 is 23.0 Å². The number of carbonyl (C=O) groups is 2. The lowest BCUT2D eigenvalue weighted by molar-refractivity contribution is 0.0509. The van der Waals surface area contributed by atoms with E-state index in [1.165, 1.54) is 0 Å². The first-order valence-electron chi connectivity index (χ1n) is 11.7. The molecule has 0 aliphatic rings. The number of ether oxygens (including phenoxy) is 2. The number of hydrogen-bond acceptors (Lipinski definition) is 4. The van der Waals surface area contributed by atoms with E-state index in [4.69, 9.17) is 9.47 Å². The molecular weight excluding hydrogens is 440 g/mol. The van der Waals surface area contributed by atoms with Crippen molar-refractivity contribution in [1.29, 1.82) is 0 Å². The first-order chi connectivity index (χ1) is 17.1. The summed E-state index contributed by atoms with van der Waals surface area (Å²) in [5.41, 5.74) is 5.68. The molecule has 5 rings (SSSR count). The fraction of sp³-hybridized carbons (Fsp3) is 0.172. The van der Waals surface area contributed by atoms with E-state index < -0.39 is 0 Å². The Morgan fingerprint density at radius 1 is 0.686 bits per heavy atom. The lowest BCUT2D eigenvalue weighted by Gasteiger charge is -2.17. The first kappa shape index (κ1) is 22.5. The normalized spacial score (nSPS) is 11.3. The van der Waals surface area contributed by atoms with Crippen LogP contribution in [0.1, 0.15) is 57.4 Å². The van der Waals surface area contributed by atoms with Crippen molar-refractivity contribution in [3.63, 3.8) is 0 Å². The fourth-order valence-electron chi connectivity index (χ4n) is 4.72. The molecule has 0 fully saturated rings. The highest BCUT2D eigenvalue weighted by atomic mass is 16.5. The van der Waals surface area contributed by atoms with Gasteiger partial charge in [-0.3, -0.25) is 0 Å². The van der Waals surface area contributed by atoms with Gasteiger partial charge in [0.25, 0.3) is 0 Å². The van der Waals surface area contributed by atoms with Gasteiger partial charge in [0.15, 0.2) is 0 Å². The summed E-state index contributed by atoms with van der Waals surface area (Å²) in [7, 11) is 0. The molecule has 0 saturated heterocycles. The third kappa shape index (κ3) is 3.97. The minimum Gasteiger partial charge on any atom is -0.461 e. The molecule has 6 nitrogen and oxygen atoms in total. The Bertz CT molecular complexity index is 1420. The number of aromatic nitrogens is 2. The van der Waals surface area contributed by atoms with Crippen molar-refractivity contribution in [2.45, 2.75) is 19.8 Å². The molecule has 0 radical (unpaired) electrons. The average Bonchev–Trinajstić information content (AvgIpc) is 3.45. The molecule has 0 bridgehead atoms. The van der Waals surface area contributed by atoms with Crippen LogP contribution in [0.15, 0.2) is 91.3 Å². The molecule has 4 heterocycles. The molecule has 0 aliphatic carbocycles. The molecule has 35 heavy (non-hydrogen) atoms. The Labute approximate surface area is 203 Å². The van der Waals surface area contributed by atoms with Gasteiger partial charge in [-0.1, -0.05) is 42.5 Å². The SMILES string of the molecule is CCOC(=O)c1cc(C(c2ccccc2)c2cc(C(=O)OCC)n3ccccc23)c2ccccn12. The zero-order chi connectivity index (χ0) is 24.4. The van der Waals surface area contributed by atoms with Crippen molar-refractivity contribution in [2.24, 2.45) is 0 Å². The van der Waals surface area contributed by atoms with Gasteiger partial charge in [-0.15, -0.1) is 0 Å². The van der Waals surface area contributed by atoms with Crippen LogP contribution in [0.25, 0.3) is 11.0 Å². The van der Waals surface area contributed by atoms with Crippen molar-refractivity contribution in [2.75, 3.05) is 13.2 Å². The second kappa shape index (κ2) is 9.50. The first-order valence-corrected chi connectivity index (χ1v) is 11.7. The summed E-state index contributed by atoms with van der Waals surface area (Å²) in [6.07, 6.45) is 3.74. The molecule has 6 heteroatoms. The third-order valence-electron chi connectivity index (χ3n) is 6.14. The summed E-state index contributed by atoms with van der Waals surface area (Å²) in [5, 5.41) is 0. The smallest absolute Gasteiger partial charge is 0.355 e. The minimum atomic E-state index is -0.374. The summed E-state index contributed by atoms with van der Waals surface area (Å²) in [6, 6.07) is 25.6. The summed E-state index contributed by atoms with van der Waals surface area (Å²) < 4.78 is 14.4. The van der Waals surface area contributed by atoms with E-state index >= 15 is 0 Å². The highest BCUT2D eigenvalue weighted by molar-refractivity contribution is 5.92. The zero-order valence-corrected chi connectivity index (χ0v) is 19.7. The predicted molar refractivity (Wildman–Crippen MR) is 134 cm³/mol. The van der Waals surface area contributed by atoms with Gasteiger partial charge in [-0.2, -0.15) is 0 Å². The Morgan fingerprint density at radius 2 is 1.14 bits per heavy atom. The maximum Gasteiger partial charge on any atom is 0.355 e. The number of nitrogens with zero attached hydrogens (tertiary/aromatic N) is 2. The molecule has 4 aromatic heterocycles. The molecular formula is C29H26N2O4. The second-order valence-corrected chi connectivity index (χ2v) is 8.17. The highest BCUT2D eigenvalue weighted by Gasteiger charge is 2.28. The third-order valence-corrected chi connectivity index (χ3v) is 6.14. The monoisotopic (exact) mass is 466 g/mol. The quantitative estimate of drug-likeness (QED) is 0.288. The van der Waals surface area contributed by atoms with Crippen molar-refractivity contribution in [3.8, 4) is 0 Å². The van der Waals surface area contributed by atoms with Crippen LogP contribution in [-0.4, -0.2) is 34.0 Å². The summed E-state index contributed by atoms with van der Waals surface area (Å²) in [6.45, 7) is 4.18. The van der Waals surface area contributed by atoms with Gasteiger partial charge in [-0.25, -0.2) is 9.59 Å². The fourth-order valence-corrected chi connectivity index (χ4v) is 4.72. The molecule has 0 atom stereocenters. The maximum absolute atomic E-state index is 12.8. The molecule has 0 N–H and O–H groups in total. The van der Waals surface area contributed by atoms with E-state index in [2.05, 4.69) is 12.1 Å². The van der Waals surface area contributed by atoms with Crippen molar-refractivity contribution in [1.82, 2.24) is 8.80 Å². The topological polar surface area (TPSA) is 61.4 Å². The molecule has 0 unspecified atom stereocenters. The standard InChI is InChI=1S/C29H26N2O4/c1-3-34-28(32)25-18-21(23-14-8-10-16-30(23)25)27(20-12-6-5-7-13-20)22-19-26(29(33)35-4-2)31-17-11-9-15-24(22)31/h5-19,27H,3-4H2,1-2H3. The number of fused-ring (bicyclic) bond motifs is 2. The van der Waals surface area contributed by atoms with Gasteiger partial charge in [0.05, 0.1) is 24.2 Å². The lowest BCUT2D eigenvalue weighted by atomic mass is 9.85. The second-order valence-electron chi connectivity index (χ2n) is 8.17. The van der Waals surface area contributed by atoms with Gasteiger partial charge < -0.3 is 18.3 Å². The van der Waals surface area contributed by atoms with E-state index in [1.807, 2.05) is 87.9 Å². The zero-order valence-electron chi connectivity index (χ0n) is 19.7. The van der Waals surface area contributed by atoms with Crippen LogP contribution in [0.2, 0.25) is 0 Å². The molecule has 0 aliphatic heterocycles.